The van der Waals surface area contributed by atoms with Crippen LogP contribution in [0, 0.1) is 6.92 Å². The van der Waals surface area contributed by atoms with E-state index in [4.69, 9.17) is 0 Å². The second-order valence-electron chi connectivity index (χ2n) is 4.34. The minimum Gasteiger partial charge on any atom is -0.383 e. The van der Waals surface area contributed by atoms with Crippen molar-refractivity contribution in [3.05, 3.63) is 52.3 Å². The lowest BCUT2D eigenvalue weighted by Gasteiger charge is -2.12. The molecule has 5 heteroatoms. The molecule has 0 fully saturated rings. The van der Waals surface area contributed by atoms with Crippen LogP contribution in [0.5, 0.6) is 0 Å². The van der Waals surface area contributed by atoms with Gasteiger partial charge in [-0.1, -0.05) is 12.1 Å². The Hall–Kier alpha value is -1.88. The number of rotatable bonds is 4. The maximum absolute atomic E-state index is 12.4. The summed E-state index contributed by atoms with van der Waals surface area (Å²) < 4.78 is 0.896. The normalized spacial score (nSPS) is 10.2. The predicted molar refractivity (Wildman–Crippen MR) is 85.2 cm³/mol. The van der Waals surface area contributed by atoms with E-state index in [0.29, 0.717) is 5.56 Å². The van der Waals surface area contributed by atoms with Gasteiger partial charge in [-0.05, 0) is 47.5 Å². The molecule has 0 bridgehead atoms. The summed E-state index contributed by atoms with van der Waals surface area (Å²) in [6.45, 7) is 4.70. The van der Waals surface area contributed by atoms with Crippen LogP contribution in [-0.2, 0) is 0 Å². The first-order valence-electron chi connectivity index (χ1n) is 6.37. The molecule has 0 saturated carbocycles. The highest BCUT2D eigenvalue weighted by atomic mass is 79.9. The number of carbonyl (C=O) groups is 1. The van der Waals surface area contributed by atoms with Gasteiger partial charge in [-0.2, -0.15) is 0 Å². The van der Waals surface area contributed by atoms with Crippen molar-refractivity contribution in [2.45, 2.75) is 13.8 Å². The lowest BCUT2D eigenvalue weighted by Crippen LogP contribution is -2.15. The molecule has 1 aromatic carbocycles. The van der Waals surface area contributed by atoms with E-state index in [0.717, 1.165) is 28.0 Å². The summed E-state index contributed by atoms with van der Waals surface area (Å²) in [4.78, 5) is 16.4. The van der Waals surface area contributed by atoms with E-state index >= 15 is 0 Å². The standard InChI is InChI=1S/C15H16BrN3O/c1-3-18-13-9-17-8-7-11(13)15(20)19-12-6-4-5-10(2)14(12)16/h4-9,18H,3H2,1-2H3,(H,19,20). The van der Waals surface area contributed by atoms with Crippen molar-refractivity contribution < 1.29 is 4.79 Å². The molecule has 1 aromatic heterocycles. The summed E-state index contributed by atoms with van der Waals surface area (Å²) in [7, 11) is 0. The third-order valence-electron chi connectivity index (χ3n) is 2.87. The minimum absolute atomic E-state index is 0.158. The number of benzene rings is 1. The Morgan fingerprint density at radius 3 is 2.85 bits per heavy atom. The highest BCUT2D eigenvalue weighted by molar-refractivity contribution is 9.10. The van der Waals surface area contributed by atoms with Gasteiger partial charge < -0.3 is 10.6 Å². The highest BCUT2D eigenvalue weighted by Crippen LogP contribution is 2.26. The molecule has 0 atom stereocenters. The Morgan fingerprint density at radius 1 is 1.30 bits per heavy atom. The molecule has 4 nitrogen and oxygen atoms in total. The fourth-order valence-electron chi connectivity index (χ4n) is 1.86. The van der Waals surface area contributed by atoms with Gasteiger partial charge in [0.2, 0.25) is 0 Å². The monoisotopic (exact) mass is 333 g/mol. The van der Waals surface area contributed by atoms with Gasteiger partial charge in [0.25, 0.3) is 5.91 Å². The van der Waals surface area contributed by atoms with E-state index in [9.17, 15) is 4.79 Å². The lowest BCUT2D eigenvalue weighted by molar-refractivity contribution is 0.102. The van der Waals surface area contributed by atoms with Crippen LogP contribution in [0.15, 0.2) is 41.1 Å². The van der Waals surface area contributed by atoms with Gasteiger partial charge in [-0.15, -0.1) is 0 Å². The van der Waals surface area contributed by atoms with Gasteiger partial charge >= 0.3 is 0 Å². The molecule has 20 heavy (non-hydrogen) atoms. The molecule has 0 aliphatic rings. The molecule has 2 aromatic rings. The fraction of sp³-hybridized carbons (Fsp3) is 0.200. The highest BCUT2D eigenvalue weighted by Gasteiger charge is 2.13. The number of aromatic nitrogens is 1. The molecular weight excluding hydrogens is 318 g/mol. The molecular formula is C15H16BrN3O. The van der Waals surface area contributed by atoms with Crippen molar-refractivity contribution in [2.75, 3.05) is 17.2 Å². The van der Waals surface area contributed by atoms with Crippen LogP contribution in [0.3, 0.4) is 0 Å². The molecule has 1 heterocycles. The van der Waals surface area contributed by atoms with Gasteiger partial charge in [0, 0.05) is 17.2 Å². The Labute approximate surface area is 126 Å². The van der Waals surface area contributed by atoms with Crippen molar-refractivity contribution in [1.29, 1.82) is 0 Å². The fourth-order valence-corrected chi connectivity index (χ4v) is 2.22. The van der Waals surface area contributed by atoms with Crippen molar-refractivity contribution >= 4 is 33.2 Å². The van der Waals surface area contributed by atoms with Crippen molar-refractivity contribution in [3.8, 4) is 0 Å². The van der Waals surface area contributed by atoms with E-state index in [2.05, 4.69) is 31.5 Å². The summed E-state index contributed by atoms with van der Waals surface area (Å²) in [6.07, 6.45) is 3.27. The number of anilines is 2. The number of amides is 1. The number of aryl methyl sites for hydroxylation is 1. The maximum atomic E-state index is 12.4. The zero-order valence-corrected chi connectivity index (χ0v) is 13.0. The third-order valence-corrected chi connectivity index (χ3v) is 3.93. The van der Waals surface area contributed by atoms with Crippen LogP contribution >= 0.6 is 15.9 Å². The van der Waals surface area contributed by atoms with Gasteiger partial charge in [0.05, 0.1) is 23.1 Å². The van der Waals surface area contributed by atoms with Crippen LogP contribution in [0.4, 0.5) is 11.4 Å². The number of nitrogens with zero attached hydrogens (tertiary/aromatic N) is 1. The minimum atomic E-state index is -0.158. The van der Waals surface area contributed by atoms with Gasteiger partial charge in [0.15, 0.2) is 0 Å². The smallest absolute Gasteiger partial charge is 0.257 e. The Morgan fingerprint density at radius 2 is 2.10 bits per heavy atom. The van der Waals surface area contributed by atoms with Gasteiger partial charge in [0.1, 0.15) is 0 Å². The molecule has 0 spiro atoms. The molecule has 0 radical (unpaired) electrons. The number of hydrogen-bond donors (Lipinski definition) is 2. The zero-order valence-electron chi connectivity index (χ0n) is 11.4. The van der Waals surface area contributed by atoms with E-state index < -0.39 is 0 Å². The largest absolute Gasteiger partial charge is 0.383 e. The maximum Gasteiger partial charge on any atom is 0.257 e. The van der Waals surface area contributed by atoms with E-state index in [1.54, 1.807) is 18.5 Å². The first kappa shape index (κ1) is 14.5. The Kier molecular flexibility index (Phi) is 4.74. The van der Waals surface area contributed by atoms with E-state index in [-0.39, 0.29) is 5.91 Å². The SMILES string of the molecule is CCNc1cnccc1C(=O)Nc1cccc(C)c1Br. The molecule has 104 valence electrons. The number of nitrogens with one attached hydrogen (secondary N) is 2. The van der Waals surface area contributed by atoms with Crippen LogP contribution in [0.2, 0.25) is 0 Å². The zero-order chi connectivity index (χ0) is 14.5. The van der Waals surface area contributed by atoms with Crippen molar-refractivity contribution in [1.82, 2.24) is 4.98 Å². The third kappa shape index (κ3) is 3.17. The molecule has 2 N–H and O–H groups in total. The summed E-state index contributed by atoms with van der Waals surface area (Å²) in [5.74, 6) is -0.158. The molecule has 0 unspecified atom stereocenters. The molecule has 2 rings (SSSR count). The average molecular weight is 334 g/mol. The first-order chi connectivity index (χ1) is 9.63. The lowest BCUT2D eigenvalue weighted by atomic mass is 10.2. The number of carbonyl (C=O) groups excluding carboxylic acids is 1. The molecule has 0 aliphatic carbocycles. The quantitative estimate of drug-likeness (QED) is 0.893. The summed E-state index contributed by atoms with van der Waals surface area (Å²) in [6, 6.07) is 7.46. The second kappa shape index (κ2) is 6.52. The molecule has 0 aliphatic heterocycles. The van der Waals surface area contributed by atoms with Crippen LogP contribution in [0.25, 0.3) is 0 Å². The van der Waals surface area contributed by atoms with Crippen molar-refractivity contribution in [3.63, 3.8) is 0 Å². The summed E-state index contributed by atoms with van der Waals surface area (Å²) in [5.41, 5.74) is 3.14. The topological polar surface area (TPSA) is 54.0 Å². The second-order valence-corrected chi connectivity index (χ2v) is 5.14. The van der Waals surface area contributed by atoms with Crippen LogP contribution < -0.4 is 10.6 Å². The van der Waals surface area contributed by atoms with Gasteiger partial charge in [-0.3, -0.25) is 9.78 Å². The first-order valence-corrected chi connectivity index (χ1v) is 7.17. The van der Waals surface area contributed by atoms with E-state index in [1.807, 2.05) is 32.0 Å². The average Bonchev–Trinajstić information content (AvgIpc) is 2.45. The number of pyridine rings is 1. The predicted octanol–water partition coefficient (Wildman–Crippen LogP) is 3.84. The summed E-state index contributed by atoms with van der Waals surface area (Å²) >= 11 is 3.49. The Balaban J connectivity index is 2.26. The van der Waals surface area contributed by atoms with Crippen molar-refractivity contribution in [2.24, 2.45) is 0 Å². The molecule has 1 amide bonds. The number of halogens is 1. The van der Waals surface area contributed by atoms with Crippen LogP contribution in [0.1, 0.15) is 22.8 Å². The van der Waals surface area contributed by atoms with Crippen LogP contribution in [-0.4, -0.2) is 17.4 Å². The molecule has 0 saturated heterocycles. The van der Waals surface area contributed by atoms with E-state index in [1.165, 1.54) is 0 Å². The van der Waals surface area contributed by atoms with Gasteiger partial charge in [-0.25, -0.2) is 0 Å². The number of hydrogen-bond acceptors (Lipinski definition) is 3. The summed E-state index contributed by atoms with van der Waals surface area (Å²) in [5, 5.41) is 6.05. The Bertz CT molecular complexity index is 628.